The Morgan fingerprint density at radius 1 is 0.973 bits per heavy atom. The monoisotopic (exact) mass is 507 g/mol. The second kappa shape index (κ2) is 9.40. The van der Waals surface area contributed by atoms with E-state index in [1.807, 2.05) is 61.5 Å². The van der Waals surface area contributed by atoms with Gasteiger partial charge in [-0.25, -0.2) is 24.9 Å². The molecule has 0 saturated carbocycles. The van der Waals surface area contributed by atoms with Gasteiger partial charge in [0.25, 0.3) is 5.56 Å². The zero-order valence-electron chi connectivity index (χ0n) is 20.0. The Morgan fingerprint density at radius 2 is 1.78 bits per heavy atom. The average Bonchev–Trinajstić information content (AvgIpc) is 3.43. The molecule has 0 spiro atoms. The van der Waals surface area contributed by atoms with Gasteiger partial charge in [0.05, 0.1) is 24.0 Å². The molecule has 0 bridgehead atoms. The lowest BCUT2D eigenvalue weighted by molar-refractivity contribution is 0.380. The number of anilines is 1. The zero-order valence-corrected chi connectivity index (χ0v) is 20.8. The smallest absolute Gasteiger partial charge is 0.316 e. The molecule has 1 atom stereocenters. The number of ether oxygens (including phenoxy) is 1. The Morgan fingerprint density at radius 3 is 2.57 bits per heavy atom. The summed E-state index contributed by atoms with van der Waals surface area (Å²) in [6.07, 6.45) is 4.85. The van der Waals surface area contributed by atoms with Crippen LogP contribution in [0.1, 0.15) is 18.7 Å². The number of para-hydroxylation sites is 1. The Hall–Kier alpha value is -4.70. The van der Waals surface area contributed by atoms with Crippen LogP contribution in [0.5, 0.6) is 6.01 Å². The van der Waals surface area contributed by atoms with E-state index in [9.17, 15) is 4.79 Å². The molecule has 2 aromatic carbocycles. The summed E-state index contributed by atoms with van der Waals surface area (Å²) in [6.45, 7) is 2.00. The molecule has 0 saturated heterocycles. The van der Waals surface area contributed by atoms with Crippen LogP contribution in [0.2, 0.25) is 0 Å². The van der Waals surface area contributed by atoms with Crippen molar-refractivity contribution in [3.05, 3.63) is 94.9 Å². The molecule has 10 heteroatoms. The summed E-state index contributed by atoms with van der Waals surface area (Å²) in [4.78, 5) is 36.6. The topological polar surface area (TPSA) is 108 Å². The second-order valence-corrected chi connectivity index (χ2v) is 9.20. The number of nitrogens with one attached hydrogen (secondary N) is 1. The Labute approximate surface area is 215 Å². The van der Waals surface area contributed by atoms with Gasteiger partial charge in [-0.3, -0.25) is 9.36 Å². The lowest BCUT2D eigenvalue weighted by Gasteiger charge is -2.22. The number of hydrogen-bond donors (Lipinski definition) is 1. The molecule has 4 heterocycles. The van der Waals surface area contributed by atoms with Crippen LogP contribution in [-0.4, -0.2) is 36.6 Å². The highest BCUT2D eigenvalue weighted by atomic mass is 32.1. The van der Waals surface area contributed by atoms with E-state index in [1.165, 1.54) is 24.8 Å². The SMILES string of the molecule is COc1ncc(-c2cccc3cc(C(C)Nc4ncnc5scnc45)n(-c4ccccc4)c(=O)c23)cn1. The lowest BCUT2D eigenvalue weighted by atomic mass is 9.99. The fourth-order valence-electron chi connectivity index (χ4n) is 4.42. The van der Waals surface area contributed by atoms with E-state index in [1.54, 1.807) is 22.5 Å². The molecule has 1 N–H and O–H groups in total. The quantitative estimate of drug-likeness (QED) is 0.335. The van der Waals surface area contributed by atoms with Crippen LogP contribution in [-0.2, 0) is 0 Å². The van der Waals surface area contributed by atoms with E-state index >= 15 is 0 Å². The highest BCUT2D eigenvalue weighted by Crippen LogP contribution is 2.31. The predicted molar refractivity (Wildman–Crippen MR) is 144 cm³/mol. The van der Waals surface area contributed by atoms with E-state index in [2.05, 4.69) is 30.2 Å². The molecular formula is C27H21N7O2S. The molecule has 0 aliphatic carbocycles. The third-order valence-electron chi connectivity index (χ3n) is 6.14. The van der Waals surface area contributed by atoms with Gasteiger partial charge in [-0.05, 0) is 36.1 Å². The van der Waals surface area contributed by atoms with Gasteiger partial charge in [-0.1, -0.05) is 36.4 Å². The molecular weight excluding hydrogens is 486 g/mol. The Balaban J connectivity index is 1.55. The van der Waals surface area contributed by atoms with E-state index in [0.29, 0.717) is 16.7 Å². The van der Waals surface area contributed by atoms with Gasteiger partial charge in [0.15, 0.2) is 5.82 Å². The summed E-state index contributed by atoms with van der Waals surface area (Å²) in [5.41, 5.74) is 5.34. The molecule has 0 fully saturated rings. The first-order valence-corrected chi connectivity index (χ1v) is 12.4. The average molecular weight is 508 g/mol. The van der Waals surface area contributed by atoms with Crippen molar-refractivity contribution in [3.8, 4) is 22.8 Å². The van der Waals surface area contributed by atoms with E-state index in [4.69, 9.17) is 4.74 Å². The Bertz CT molecular complexity index is 1780. The normalized spacial score (nSPS) is 12.1. The third-order valence-corrected chi connectivity index (χ3v) is 6.88. The van der Waals surface area contributed by atoms with Crippen molar-refractivity contribution in [2.75, 3.05) is 12.4 Å². The molecule has 37 heavy (non-hydrogen) atoms. The first kappa shape index (κ1) is 22.7. The summed E-state index contributed by atoms with van der Waals surface area (Å²) in [5.74, 6) is 0.620. The highest BCUT2D eigenvalue weighted by molar-refractivity contribution is 7.16. The van der Waals surface area contributed by atoms with Gasteiger partial charge >= 0.3 is 6.01 Å². The van der Waals surface area contributed by atoms with Crippen LogP contribution < -0.4 is 15.6 Å². The maximum atomic E-state index is 14.2. The number of hydrogen-bond acceptors (Lipinski definition) is 9. The minimum absolute atomic E-state index is 0.139. The van der Waals surface area contributed by atoms with Gasteiger partial charge in [0.1, 0.15) is 16.7 Å². The molecule has 4 aromatic heterocycles. The fourth-order valence-corrected chi connectivity index (χ4v) is 5.05. The first-order chi connectivity index (χ1) is 18.1. The second-order valence-electron chi connectivity index (χ2n) is 8.37. The van der Waals surface area contributed by atoms with Crippen molar-refractivity contribution >= 4 is 38.3 Å². The molecule has 182 valence electrons. The molecule has 9 nitrogen and oxygen atoms in total. The Kier molecular flexibility index (Phi) is 5.78. The molecule has 6 aromatic rings. The molecule has 0 aliphatic heterocycles. The van der Waals surface area contributed by atoms with Gasteiger partial charge < -0.3 is 10.1 Å². The number of thiazole rings is 1. The van der Waals surface area contributed by atoms with Crippen molar-refractivity contribution in [2.45, 2.75) is 13.0 Å². The largest absolute Gasteiger partial charge is 0.467 e. The molecule has 0 aliphatic rings. The van der Waals surface area contributed by atoms with E-state index in [-0.39, 0.29) is 17.6 Å². The number of benzene rings is 2. The number of nitrogens with zero attached hydrogens (tertiary/aromatic N) is 6. The van der Waals surface area contributed by atoms with Crippen molar-refractivity contribution in [2.24, 2.45) is 0 Å². The number of fused-ring (bicyclic) bond motifs is 2. The van der Waals surface area contributed by atoms with Crippen molar-refractivity contribution in [3.63, 3.8) is 0 Å². The summed E-state index contributed by atoms with van der Waals surface area (Å²) in [7, 11) is 1.52. The van der Waals surface area contributed by atoms with Gasteiger partial charge in [0, 0.05) is 29.3 Å². The van der Waals surface area contributed by atoms with Crippen LogP contribution in [0.25, 0.3) is 37.9 Å². The summed E-state index contributed by atoms with van der Waals surface area (Å²) in [5, 5.41) is 4.85. The van der Waals surface area contributed by atoms with Crippen molar-refractivity contribution in [1.82, 2.24) is 29.5 Å². The maximum absolute atomic E-state index is 14.2. The third kappa shape index (κ3) is 4.07. The van der Waals surface area contributed by atoms with Gasteiger partial charge in [-0.15, -0.1) is 11.3 Å². The van der Waals surface area contributed by atoms with Gasteiger partial charge in [0.2, 0.25) is 0 Å². The van der Waals surface area contributed by atoms with Crippen LogP contribution in [0.15, 0.2) is 83.6 Å². The van der Waals surface area contributed by atoms with E-state index < -0.39 is 0 Å². The number of rotatable bonds is 6. The molecule has 6 rings (SSSR count). The molecule has 1 unspecified atom stereocenters. The van der Waals surface area contributed by atoms with Crippen LogP contribution in [0.3, 0.4) is 0 Å². The molecule has 0 amide bonds. The lowest BCUT2D eigenvalue weighted by Crippen LogP contribution is -2.26. The highest BCUT2D eigenvalue weighted by Gasteiger charge is 2.20. The summed E-state index contributed by atoms with van der Waals surface area (Å²) >= 11 is 1.45. The first-order valence-electron chi connectivity index (χ1n) is 11.6. The summed E-state index contributed by atoms with van der Waals surface area (Å²) in [6, 6.07) is 17.4. The van der Waals surface area contributed by atoms with E-state index in [0.717, 1.165) is 32.7 Å². The van der Waals surface area contributed by atoms with Crippen LogP contribution in [0, 0.1) is 0 Å². The van der Waals surface area contributed by atoms with Crippen LogP contribution in [0.4, 0.5) is 5.82 Å². The fraction of sp³-hybridized carbons (Fsp3) is 0.111. The number of pyridine rings is 1. The number of methoxy groups -OCH3 is 1. The van der Waals surface area contributed by atoms with Gasteiger partial charge in [-0.2, -0.15) is 0 Å². The standard InChI is InChI=1S/C27H21N7O2S/c1-16(33-24-23-25(31-14-30-24)37-15-32-23)21-11-17-7-6-10-20(18-12-28-27(36-2)29-13-18)22(17)26(35)34(21)19-8-4-3-5-9-19/h3-16H,1-2H3,(H,30,31,33). The minimum Gasteiger partial charge on any atom is -0.467 e. The zero-order chi connectivity index (χ0) is 25.4. The predicted octanol–water partition coefficient (Wildman–Crippen LogP) is 5.03. The van der Waals surface area contributed by atoms with Crippen LogP contribution >= 0.6 is 11.3 Å². The maximum Gasteiger partial charge on any atom is 0.316 e. The minimum atomic E-state index is -0.273. The summed E-state index contributed by atoms with van der Waals surface area (Å²) < 4.78 is 6.84. The number of aromatic nitrogens is 6. The molecule has 0 radical (unpaired) electrons. The van der Waals surface area contributed by atoms with Crippen molar-refractivity contribution in [1.29, 1.82) is 0 Å². The van der Waals surface area contributed by atoms with Crippen molar-refractivity contribution < 1.29 is 4.74 Å².